The third-order valence-electron chi connectivity index (χ3n) is 4.85. The summed E-state index contributed by atoms with van der Waals surface area (Å²) in [7, 11) is 0. The molecule has 0 aliphatic heterocycles. The Morgan fingerprint density at radius 3 is 2.52 bits per heavy atom. The van der Waals surface area contributed by atoms with E-state index in [1.165, 1.54) is 8.97 Å². The Morgan fingerprint density at radius 1 is 1.10 bits per heavy atom. The first-order chi connectivity index (χ1) is 13.9. The Labute approximate surface area is 170 Å². The fourth-order valence-corrected chi connectivity index (χ4v) is 3.55. The molecule has 0 bridgehead atoms. The highest BCUT2D eigenvalue weighted by molar-refractivity contribution is 6.31. The molecule has 0 atom stereocenters. The molecule has 0 aliphatic carbocycles. The van der Waals surface area contributed by atoms with E-state index in [-0.39, 0.29) is 23.7 Å². The number of hydrogen-bond acceptors (Lipinski definition) is 4. The van der Waals surface area contributed by atoms with E-state index in [1.807, 2.05) is 26.0 Å². The van der Waals surface area contributed by atoms with Gasteiger partial charge < -0.3 is 0 Å². The lowest BCUT2D eigenvalue weighted by Crippen LogP contribution is -2.27. The van der Waals surface area contributed by atoms with Gasteiger partial charge in [0.2, 0.25) is 5.78 Å². The molecule has 0 saturated heterocycles. The summed E-state index contributed by atoms with van der Waals surface area (Å²) in [6, 6.07) is 11.9. The SMILES string of the molecule is CCCn1c(=O)c2ccc(Cl)cc2n2c(=O)n(CC(=O)c3ccc(C)cc3)nc12. The lowest BCUT2D eigenvalue weighted by molar-refractivity contribution is 0.0966. The van der Waals surface area contributed by atoms with Crippen LogP contribution >= 0.6 is 11.6 Å². The van der Waals surface area contributed by atoms with E-state index in [1.54, 1.807) is 30.3 Å². The number of aromatic nitrogens is 4. The van der Waals surface area contributed by atoms with Gasteiger partial charge in [0, 0.05) is 17.1 Å². The topological polar surface area (TPSA) is 78.4 Å². The second-order valence-corrected chi connectivity index (χ2v) is 7.42. The van der Waals surface area contributed by atoms with Gasteiger partial charge in [0.15, 0.2) is 5.78 Å². The zero-order valence-corrected chi connectivity index (χ0v) is 16.8. The number of rotatable bonds is 5. The summed E-state index contributed by atoms with van der Waals surface area (Å²) in [5, 5.41) is 5.10. The highest BCUT2D eigenvalue weighted by Crippen LogP contribution is 2.17. The van der Waals surface area contributed by atoms with Crippen LogP contribution in [-0.2, 0) is 13.1 Å². The molecule has 0 radical (unpaired) electrons. The lowest BCUT2D eigenvalue weighted by atomic mass is 10.1. The number of carbonyl (C=O) groups excluding carboxylic acids is 1. The minimum absolute atomic E-state index is 0.202. The van der Waals surface area contributed by atoms with Crippen molar-refractivity contribution in [2.45, 2.75) is 33.4 Å². The maximum Gasteiger partial charge on any atom is 0.352 e. The summed E-state index contributed by atoms with van der Waals surface area (Å²) in [5.74, 6) is -0.0319. The molecule has 4 rings (SSSR count). The molecule has 2 heterocycles. The van der Waals surface area contributed by atoms with E-state index in [0.29, 0.717) is 34.5 Å². The Morgan fingerprint density at radius 2 is 1.83 bits per heavy atom. The molecule has 0 amide bonds. The molecule has 4 aromatic rings. The number of fused-ring (bicyclic) bond motifs is 3. The number of ketones is 1. The van der Waals surface area contributed by atoms with Gasteiger partial charge in [-0.3, -0.25) is 14.2 Å². The van der Waals surface area contributed by atoms with Crippen LogP contribution in [0.5, 0.6) is 0 Å². The zero-order valence-electron chi connectivity index (χ0n) is 16.1. The van der Waals surface area contributed by atoms with Gasteiger partial charge in [0.25, 0.3) is 5.56 Å². The largest absolute Gasteiger partial charge is 0.352 e. The van der Waals surface area contributed by atoms with Gasteiger partial charge in [0.05, 0.1) is 10.9 Å². The molecule has 2 aromatic carbocycles. The van der Waals surface area contributed by atoms with E-state index in [4.69, 9.17) is 11.6 Å². The van der Waals surface area contributed by atoms with Gasteiger partial charge >= 0.3 is 5.69 Å². The molecule has 0 saturated carbocycles. The van der Waals surface area contributed by atoms with Crippen molar-refractivity contribution in [1.82, 2.24) is 18.7 Å². The van der Waals surface area contributed by atoms with Crippen LogP contribution in [0, 0.1) is 6.92 Å². The standard InChI is InChI=1S/C21H19ClN4O3/c1-3-10-24-19(28)16-9-8-15(22)11-17(16)26-20(24)23-25(21(26)29)12-18(27)14-6-4-13(2)5-7-14/h4-9,11H,3,10,12H2,1-2H3. The van der Waals surface area contributed by atoms with Crippen LogP contribution in [0.15, 0.2) is 52.1 Å². The molecule has 2 aromatic heterocycles. The zero-order chi connectivity index (χ0) is 20.7. The van der Waals surface area contributed by atoms with E-state index >= 15 is 0 Å². The molecule has 0 aliphatic rings. The summed E-state index contributed by atoms with van der Waals surface area (Å²) < 4.78 is 3.91. The van der Waals surface area contributed by atoms with Crippen LogP contribution < -0.4 is 11.2 Å². The first-order valence-corrected chi connectivity index (χ1v) is 9.70. The molecule has 0 spiro atoms. The molecule has 8 heteroatoms. The maximum atomic E-state index is 13.1. The second-order valence-electron chi connectivity index (χ2n) is 6.98. The fraction of sp³-hybridized carbons (Fsp3) is 0.238. The summed E-state index contributed by atoms with van der Waals surface area (Å²) in [6.07, 6.45) is 0.692. The third kappa shape index (κ3) is 3.27. The number of halogens is 1. The van der Waals surface area contributed by atoms with Crippen molar-refractivity contribution in [3.05, 3.63) is 79.5 Å². The van der Waals surface area contributed by atoms with Gasteiger partial charge in [-0.1, -0.05) is 48.4 Å². The monoisotopic (exact) mass is 410 g/mol. The number of nitrogens with zero attached hydrogens (tertiary/aromatic N) is 4. The average Bonchev–Trinajstić information content (AvgIpc) is 3.01. The maximum absolute atomic E-state index is 13.1. The highest BCUT2D eigenvalue weighted by atomic mass is 35.5. The smallest absolute Gasteiger partial charge is 0.292 e. The number of aryl methyl sites for hydroxylation is 2. The minimum Gasteiger partial charge on any atom is -0.292 e. The van der Waals surface area contributed by atoms with Crippen molar-refractivity contribution in [1.29, 1.82) is 0 Å². The Kier molecular flexibility index (Phi) is 4.84. The van der Waals surface area contributed by atoms with E-state index < -0.39 is 5.69 Å². The number of Topliss-reactive ketones (excluding diaryl/α,β-unsaturated/α-hetero) is 1. The van der Waals surface area contributed by atoms with Gasteiger partial charge in [-0.2, -0.15) is 0 Å². The van der Waals surface area contributed by atoms with Crippen LogP contribution in [0.3, 0.4) is 0 Å². The summed E-state index contributed by atoms with van der Waals surface area (Å²) in [6.45, 7) is 4.06. The van der Waals surface area contributed by atoms with Gasteiger partial charge in [0.1, 0.15) is 6.54 Å². The normalized spacial score (nSPS) is 11.4. The van der Waals surface area contributed by atoms with Crippen LogP contribution in [0.4, 0.5) is 0 Å². The predicted octanol–water partition coefficient (Wildman–Crippen LogP) is 3.07. The second kappa shape index (κ2) is 7.33. The van der Waals surface area contributed by atoms with Crippen molar-refractivity contribution in [2.75, 3.05) is 0 Å². The number of carbonyl (C=O) groups is 1. The van der Waals surface area contributed by atoms with Crippen LogP contribution in [0.1, 0.15) is 29.3 Å². The first kappa shape index (κ1) is 19.1. The van der Waals surface area contributed by atoms with E-state index in [9.17, 15) is 14.4 Å². The van der Waals surface area contributed by atoms with Crippen LogP contribution in [0.2, 0.25) is 5.02 Å². The summed E-state index contributed by atoms with van der Waals surface area (Å²) in [4.78, 5) is 38.7. The van der Waals surface area contributed by atoms with Crippen LogP contribution in [0.25, 0.3) is 16.7 Å². The molecule has 0 fully saturated rings. The molecule has 148 valence electrons. The van der Waals surface area contributed by atoms with Crippen molar-refractivity contribution in [3.63, 3.8) is 0 Å². The van der Waals surface area contributed by atoms with Crippen molar-refractivity contribution >= 4 is 34.1 Å². The Hall–Kier alpha value is -3.19. The molecular weight excluding hydrogens is 392 g/mol. The van der Waals surface area contributed by atoms with E-state index in [0.717, 1.165) is 10.2 Å². The fourth-order valence-electron chi connectivity index (χ4n) is 3.38. The number of benzene rings is 2. The first-order valence-electron chi connectivity index (χ1n) is 9.32. The lowest BCUT2D eigenvalue weighted by Gasteiger charge is -2.08. The quantitative estimate of drug-likeness (QED) is 0.474. The van der Waals surface area contributed by atoms with Crippen molar-refractivity contribution < 1.29 is 4.79 Å². The number of hydrogen-bond donors (Lipinski definition) is 0. The van der Waals surface area contributed by atoms with E-state index in [2.05, 4.69) is 5.10 Å². The molecule has 29 heavy (non-hydrogen) atoms. The third-order valence-corrected chi connectivity index (χ3v) is 5.09. The molecule has 0 N–H and O–H groups in total. The van der Waals surface area contributed by atoms with Gasteiger partial charge in [-0.15, -0.1) is 5.10 Å². The average molecular weight is 411 g/mol. The van der Waals surface area contributed by atoms with Crippen LogP contribution in [-0.4, -0.2) is 24.5 Å². The van der Waals surface area contributed by atoms with Gasteiger partial charge in [-0.05, 0) is 31.5 Å². The Bertz CT molecular complexity index is 1360. The minimum atomic E-state index is -0.488. The summed E-state index contributed by atoms with van der Waals surface area (Å²) >= 11 is 6.10. The summed E-state index contributed by atoms with van der Waals surface area (Å²) in [5.41, 5.74) is 1.19. The van der Waals surface area contributed by atoms with Crippen molar-refractivity contribution in [2.24, 2.45) is 0 Å². The van der Waals surface area contributed by atoms with Gasteiger partial charge in [-0.25, -0.2) is 13.9 Å². The molecule has 0 unspecified atom stereocenters. The molecular formula is C21H19ClN4O3. The molecule has 7 nitrogen and oxygen atoms in total. The Balaban J connectivity index is 1.93. The predicted molar refractivity (Wildman–Crippen MR) is 112 cm³/mol. The van der Waals surface area contributed by atoms with Crippen molar-refractivity contribution in [3.8, 4) is 0 Å². The highest BCUT2D eigenvalue weighted by Gasteiger charge is 2.19.